The van der Waals surface area contributed by atoms with Crippen LogP contribution in [0.25, 0.3) is 0 Å². The van der Waals surface area contributed by atoms with E-state index in [-0.39, 0.29) is 25.7 Å². The molecule has 116 valence electrons. The van der Waals surface area contributed by atoms with Crippen molar-refractivity contribution in [3.05, 3.63) is 0 Å². The highest BCUT2D eigenvalue weighted by molar-refractivity contribution is 4.60. The molecule has 0 saturated carbocycles. The van der Waals surface area contributed by atoms with Gasteiger partial charge in [-0.25, -0.2) is 0 Å². The highest BCUT2D eigenvalue weighted by Crippen LogP contribution is 2.08. The van der Waals surface area contributed by atoms with E-state index in [1.807, 2.05) is 0 Å². The van der Waals surface area contributed by atoms with Crippen LogP contribution in [0.3, 0.4) is 0 Å². The van der Waals surface area contributed by atoms with Crippen LogP contribution in [-0.2, 0) is 14.2 Å². The number of ether oxygens (including phenoxy) is 3. The average molecular weight is 276 g/mol. The third-order valence-electron chi connectivity index (χ3n) is 3.03. The zero-order chi connectivity index (χ0) is 14.3. The Bertz CT molecular complexity index is 164. The number of rotatable bonds is 14. The van der Waals surface area contributed by atoms with E-state index < -0.39 is 0 Å². The van der Waals surface area contributed by atoms with Crippen molar-refractivity contribution in [2.24, 2.45) is 11.5 Å². The Hall–Kier alpha value is -0.200. The topological polar surface area (TPSA) is 79.7 Å². The Labute approximate surface area is 118 Å². The Kier molecular flexibility index (Phi) is 14.1. The Morgan fingerprint density at radius 2 is 1.21 bits per heavy atom. The first-order valence-corrected chi connectivity index (χ1v) is 7.49. The minimum Gasteiger partial charge on any atom is -0.376 e. The summed E-state index contributed by atoms with van der Waals surface area (Å²) in [6.45, 7) is 5.97. The second-order valence-electron chi connectivity index (χ2n) is 4.73. The minimum absolute atomic E-state index is 0.0923. The van der Waals surface area contributed by atoms with E-state index in [1.54, 1.807) is 0 Å². The molecule has 0 spiro atoms. The molecule has 0 amide bonds. The van der Waals surface area contributed by atoms with E-state index in [9.17, 15) is 0 Å². The van der Waals surface area contributed by atoms with Crippen molar-refractivity contribution >= 4 is 0 Å². The first kappa shape index (κ1) is 18.8. The molecule has 0 aliphatic heterocycles. The van der Waals surface area contributed by atoms with Crippen molar-refractivity contribution in [2.75, 3.05) is 26.7 Å². The molecule has 2 atom stereocenters. The van der Waals surface area contributed by atoms with Gasteiger partial charge in [-0.3, -0.25) is 0 Å². The summed E-state index contributed by atoms with van der Waals surface area (Å²) in [7, 11) is 0. The summed E-state index contributed by atoms with van der Waals surface area (Å²) in [6, 6.07) is 0. The normalized spacial score (nSPS) is 14.5. The highest BCUT2D eigenvalue weighted by atomic mass is 16.6. The van der Waals surface area contributed by atoms with Crippen LogP contribution >= 0.6 is 0 Å². The molecule has 19 heavy (non-hydrogen) atoms. The fourth-order valence-electron chi connectivity index (χ4n) is 1.90. The summed E-state index contributed by atoms with van der Waals surface area (Å²) in [5.74, 6) is 0. The maximum Gasteiger partial charge on any atom is 0.0945 e. The summed E-state index contributed by atoms with van der Waals surface area (Å²) in [5, 5.41) is 0. The minimum atomic E-state index is 0.0923. The predicted molar refractivity (Wildman–Crippen MR) is 77.7 cm³/mol. The molecule has 0 aromatic rings. The maximum absolute atomic E-state index is 5.70. The summed E-state index contributed by atoms with van der Waals surface area (Å²) in [5.41, 5.74) is 10.9. The quantitative estimate of drug-likeness (QED) is 0.474. The number of unbranched alkanes of at least 4 members (excludes halogenated alkanes) is 2. The van der Waals surface area contributed by atoms with Crippen molar-refractivity contribution in [1.82, 2.24) is 0 Å². The zero-order valence-electron chi connectivity index (χ0n) is 12.6. The molecule has 0 radical (unpaired) electrons. The third-order valence-corrected chi connectivity index (χ3v) is 3.03. The fraction of sp³-hybridized carbons (Fsp3) is 1.00. The molecular formula is C14H32N2O3. The Morgan fingerprint density at radius 3 is 1.53 bits per heavy atom. The van der Waals surface area contributed by atoms with Gasteiger partial charge in [-0.15, -0.1) is 0 Å². The summed E-state index contributed by atoms with van der Waals surface area (Å²) < 4.78 is 16.6. The summed E-state index contributed by atoms with van der Waals surface area (Å²) in [4.78, 5) is 0. The van der Waals surface area contributed by atoms with Crippen molar-refractivity contribution in [1.29, 1.82) is 0 Å². The fourth-order valence-corrected chi connectivity index (χ4v) is 1.90. The highest BCUT2D eigenvalue weighted by Gasteiger charge is 2.12. The summed E-state index contributed by atoms with van der Waals surface area (Å²) in [6.07, 6.45) is 6.74. The van der Waals surface area contributed by atoms with Crippen LogP contribution in [0.2, 0.25) is 0 Å². The number of nitrogens with two attached hydrogens (primary N) is 2. The molecular weight excluding hydrogens is 244 g/mol. The van der Waals surface area contributed by atoms with Crippen LogP contribution in [-0.4, -0.2) is 38.9 Å². The lowest BCUT2D eigenvalue weighted by atomic mass is 10.1. The molecule has 0 bridgehead atoms. The molecule has 0 aromatic carbocycles. The van der Waals surface area contributed by atoms with Crippen LogP contribution in [0, 0.1) is 0 Å². The van der Waals surface area contributed by atoms with Gasteiger partial charge in [-0.2, -0.15) is 0 Å². The lowest BCUT2D eigenvalue weighted by molar-refractivity contribution is -0.0599. The van der Waals surface area contributed by atoms with E-state index in [1.165, 1.54) is 0 Å². The van der Waals surface area contributed by atoms with Crippen LogP contribution in [0.1, 0.15) is 52.4 Å². The smallest absolute Gasteiger partial charge is 0.0945 e. The Morgan fingerprint density at radius 1 is 0.789 bits per heavy atom. The van der Waals surface area contributed by atoms with Crippen molar-refractivity contribution in [2.45, 2.75) is 64.6 Å². The first-order chi connectivity index (χ1) is 9.28. The molecule has 2 unspecified atom stereocenters. The lowest BCUT2D eigenvalue weighted by Gasteiger charge is -2.20. The van der Waals surface area contributed by atoms with E-state index in [4.69, 9.17) is 25.7 Å². The van der Waals surface area contributed by atoms with E-state index in [2.05, 4.69) is 13.8 Å². The van der Waals surface area contributed by atoms with Crippen LogP contribution < -0.4 is 11.5 Å². The van der Waals surface area contributed by atoms with Gasteiger partial charge < -0.3 is 25.7 Å². The first-order valence-electron chi connectivity index (χ1n) is 7.49. The summed E-state index contributed by atoms with van der Waals surface area (Å²) >= 11 is 0. The third kappa shape index (κ3) is 11.3. The molecule has 5 nitrogen and oxygen atoms in total. The molecule has 0 saturated heterocycles. The van der Waals surface area contributed by atoms with Gasteiger partial charge in [0.1, 0.15) is 0 Å². The Balaban J connectivity index is 3.83. The van der Waals surface area contributed by atoms with Gasteiger partial charge in [-0.1, -0.05) is 39.5 Å². The predicted octanol–water partition coefficient (Wildman–Crippen LogP) is 1.99. The van der Waals surface area contributed by atoms with Crippen molar-refractivity contribution in [3.8, 4) is 0 Å². The molecule has 5 heteroatoms. The largest absolute Gasteiger partial charge is 0.376 e. The molecule has 4 N–H and O–H groups in total. The molecule has 0 fully saturated rings. The SMILES string of the molecule is CCCCC(COCC(CCCC)OCN)OCN. The van der Waals surface area contributed by atoms with Crippen LogP contribution in [0.4, 0.5) is 0 Å². The van der Waals surface area contributed by atoms with Gasteiger partial charge in [0, 0.05) is 0 Å². The molecule has 0 rings (SSSR count). The van der Waals surface area contributed by atoms with Gasteiger partial charge in [0.05, 0.1) is 38.9 Å². The zero-order valence-corrected chi connectivity index (χ0v) is 12.6. The van der Waals surface area contributed by atoms with Gasteiger partial charge in [0.25, 0.3) is 0 Å². The second kappa shape index (κ2) is 14.2. The maximum atomic E-state index is 5.70. The lowest BCUT2D eigenvalue weighted by Crippen LogP contribution is -2.28. The number of hydrogen-bond donors (Lipinski definition) is 2. The second-order valence-corrected chi connectivity index (χ2v) is 4.73. The van der Waals surface area contributed by atoms with Crippen LogP contribution in [0.15, 0.2) is 0 Å². The molecule has 0 aromatic heterocycles. The van der Waals surface area contributed by atoms with Crippen LogP contribution in [0.5, 0.6) is 0 Å². The van der Waals surface area contributed by atoms with Gasteiger partial charge >= 0.3 is 0 Å². The van der Waals surface area contributed by atoms with Gasteiger partial charge in [0.15, 0.2) is 0 Å². The van der Waals surface area contributed by atoms with E-state index in [0.29, 0.717) is 13.2 Å². The van der Waals surface area contributed by atoms with Gasteiger partial charge in [-0.05, 0) is 12.8 Å². The van der Waals surface area contributed by atoms with Gasteiger partial charge in [0.2, 0.25) is 0 Å². The number of hydrogen-bond acceptors (Lipinski definition) is 5. The molecule has 0 heterocycles. The molecule has 0 aliphatic carbocycles. The van der Waals surface area contributed by atoms with E-state index in [0.717, 1.165) is 38.5 Å². The molecule has 0 aliphatic rings. The van der Waals surface area contributed by atoms with Crippen molar-refractivity contribution < 1.29 is 14.2 Å². The average Bonchev–Trinajstić information content (AvgIpc) is 2.42. The van der Waals surface area contributed by atoms with E-state index >= 15 is 0 Å². The standard InChI is InChI=1S/C14H32N2O3/c1-3-5-7-13(18-11-15)9-17-10-14(19-12-16)8-6-4-2/h13-14H,3-12,15-16H2,1-2H3. The monoisotopic (exact) mass is 276 g/mol. The van der Waals surface area contributed by atoms with Crippen molar-refractivity contribution in [3.63, 3.8) is 0 Å².